The molecular weight excluding hydrogens is 228 g/mol. The maximum Gasteiger partial charge on any atom is 0.242 e. The molecule has 0 aliphatic carbocycles. The first-order valence-corrected chi connectivity index (χ1v) is 5.78. The number of carbonyl (C=O) groups is 1. The number of aryl methyl sites for hydroxylation is 1. The van der Waals surface area contributed by atoms with Crippen LogP contribution in [0.5, 0.6) is 0 Å². The van der Waals surface area contributed by atoms with Crippen LogP contribution in [0.1, 0.15) is 11.9 Å². The summed E-state index contributed by atoms with van der Waals surface area (Å²) in [5.74, 6) is -0.0788. The second-order valence-corrected chi connectivity index (χ2v) is 4.46. The van der Waals surface area contributed by atoms with Crippen LogP contribution in [0.25, 0.3) is 0 Å². The quantitative estimate of drug-likeness (QED) is 0.709. The zero-order valence-corrected chi connectivity index (χ0v) is 10.4. The van der Waals surface area contributed by atoms with Crippen molar-refractivity contribution in [2.24, 2.45) is 0 Å². The lowest BCUT2D eigenvalue weighted by Gasteiger charge is -2.12. The van der Waals surface area contributed by atoms with Gasteiger partial charge < -0.3 is 15.4 Å². The minimum absolute atomic E-state index is 0.0788. The van der Waals surface area contributed by atoms with Crippen LogP contribution in [0.4, 0.5) is 5.13 Å². The zero-order valence-electron chi connectivity index (χ0n) is 9.61. The van der Waals surface area contributed by atoms with Gasteiger partial charge in [0.05, 0.1) is 6.61 Å². The fourth-order valence-electron chi connectivity index (χ4n) is 1.04. The van der Waals surface area contributed by atoms with Crippen molar-refractivity contribution in [3.05, 3.63) is 5.01 Å². The number of anilines is 1. The molecule has 0 aliphatic rings. The number of nitrogens with zero attached hydrogens (tertiary/aromatic N) is 2. The topological polar surface area (TPSA) is 76.1 Å². The highest BCUT2D eigenvalue weighted by molar-refractivity contribution is 7.15. The molecule has 0 saturated heterocycles. The van der Waals surface area contributed by atoms with Crippen LogP contribution in [0, 0.1) is 6.92 Å². The first-order valence-electron chi connectivity index (χ1n) is 4.96. The number of aromatic nitrogens is 2. The van der Waals surface area contributed by atoms with Crippen molar-refractivity contribution in [2.45, 2.75) is 19.9 Å². The number of amides is 1. The van der Waals surface area contributed by atoms with Crippen LogP contribution in [0.3, 0.4) is 0 Å². The maximum absolute atomic E-state index is 11.6. The maximum atomic E-state index is 11.6. The van der Waals surface area contributed by atoms with Crippen LogP contribution in [-0.4, -0.2) is 42.4 Å². The van der Waals surface area contributed by atoms with Gasteiger partial charge in [-0.2, -0.15) is 0 Å². The predicted octanol–water partition coefficient (Wildman–Crippen LogP) is 0.410. The smallest absolute Gasteiger partial charge is 0.242 e. The van der Waals surface area contributed by atoms with Crippen molar-refractivity contribution in [1.82, 2.24) is 15.5 Å². The van der Waals surface area contributed by atoms with Crippen LogP contribution >= 0.6 is 11.3 Å². The Morgan fingerprint density at radius 3 is 2.88 bits per heavy atom. The molecule has 0 aromatic carbocycles. The number of carbonyl (C=O) groups excluding carboxylic acids is 1. The number of methoxy groups -OCH3 is 1. The van der Waals surface area contributed by atoms with E-state index in [2.05, 4.69) is 20.8 Å². The SMILES string of the molecule is COCCNC(=O)C(C)Nc1nnc(C)s1. The third-order valence-electron chi connectivity index (χ3n) is 1.86. The van der Waals surface area contributed by atoms with Crippen molar-refractivity contribution in [2.75, 3.05) is 25.6 Å². The summed E-state index contributed by atoms with van der Waals surface area (Å²) in [5, 5.41) is 15.0. The highest BCUT2D eigenvalue weighted by Crippen LogP contribution is 2.14. The van der Waals surface area contributed by atoms with Gasteiger partial charge in [-0.3, -0.25) is 4.79 Å². The van der Waals surface area contributed by atoms with Crippen LogP contribution in [-0.2, 0) is 9.53 Å². The molecule has 2 N–H and O–H groups in total. The van der Waals surface area contributed by atoms with Crippen LogP contribution in [0.2, 0.25) is 0 Å². The summed E-state index contributed by atoms with van der Waals surface area (Å²) in [7, 11) is 1.60. The summed E-state index contributed by atoms with van der Waals surface area (Å²) in [4.78, 5) is 11.6. The van der Waals surface area contributed by atoms with Gasteiger partial charge in [-0.25, -0.2) is 0 Å². The lowest BCUT2D eigenvalue weighted by molar-refractivity contribution is -0.121. The van der Waals surface area contributed by atoms with Gasteiger partial charge in [0, 0.05) is 13.7 Å². The predicted molar refractivity (Wildman–Crippen MR) is 62.6 cm³/mol. The molecule has 0 spiro atoms. The van der Waals surface area contributed by atoms with E-state index in [1.807, 2.05) is 6.92 Å². The van der Waals surface area contributed by atoms with Gasteiger partial charge in [-0.15, -0.1) is 10.2 Å². The summed E-state index contributed by atoms with van der Waals surface area (Å²) in [6, 6.07) is -0.329. The summed E-state index contributed by atoms with van der Waals surface area (Å²) in [5.41, 5.74) is 0. The molecule has 1 aromatic rings. The lowest BCUT2D eigenvalue weighted by Crippen LogP contribution is -2.39. The van der Waals surface area contributed by atoms with E-state index in [1.165, 1.54) is 11.3 Å². The summed E-state index contributed by atoms with van der Waals surface area (Å²) >= 11 is 1.42. The van der Waals surface area contributed by atoms with Crippen molar-refractivity contribution in [1.29, 1.82) is 0 Å². The van der Waals surface area contributed by atoms with Crippen molar-refractivity contribution in [3.63, 3.8) is 0 Å². The Hall–Kier alpha value is -1.21. The molecule has 0 fully saturated rings. The molecule has 1 atom stereocenters. The largest absolute Gasteiger partial charge is 0.383 e. The van der Waals surface area contributed by atoms with E-state index in [0.29, 0.717) is 18.3 Å². The van der Waals surface area contributed by atoms with E-state index < -0.39 is 0 Å². The molecule has 90 valence electrons. The van der Waals surface area contributed by atoms with E-state index in [9.17, 15) is 4.79 Å². The second-order valence-electron chi connectivity index (χ2n) is 3.28. The van der Waals surface area contributed by atoms with Crippen LogP contribution in [0.15, 0.2) is 0 Å². The first kappa shape index (κ1) is 12.9. The molecule has 0 radical (unpaired) electrons. The monoisotopic (exact) mass is 244 g/mol. The van der Waals surface area contributed by atoms with E-state index >= 15 is 0 Å². The number of nitrogens with one attached hydrogen (secondary N) is 2. The highest BCUT2D eigenvalue weighted by Gasteiger charge is 2.13. The Kier molecular flexibility index (Phi) is 5.13. The molecule has 0 saturated carbocycles. The van der Waals surface area contributed by atoms with Gasteiger partial charge in [-0.05, 0) is 13.8 Å². The Bertz CT molecular complexity index is 342. The van der Waals surface area contributed by atoms with Gasteiger partial charge in [0.15, 0.2) is 0 Å². The molecule has 1 rings (SSSR count). The van der Waals surface area contributed by atoms with Gasteiger partial charge >= 0.3 is 0 Å². The molecule has 1 amide bonds. The lowest BCUT2D eigenvalue weighted by atomic mass is 10.3. The van der Waals surface area contributed by atoms with Gasteiger partial charge in [0.25, 0.3) is 0 Å². The Morgan fingerprint density at radius 2 is 2.31 bits per heavy atom. The number of hydrogen-bond donors (Lipinski definition) is 2. The minimum atomic E-state index is -0.329. The fourth-order valence-corrected chi connectivity index (χ4v) is 1.71. The van der Waals surface area contributed by atoms with E-state index in [4.69, 9.17) is 4.74 Å². The van der Waals surface area contributed by atoms with Crippen molar-refractivity contribution < 1.29 is 9.53 Å². The third-order valence-corrected chi connectivity index (χ3v) is 2.63. The molecule has 1 heterocycles. The average Bonchev–Trinajstić information content (AvgIpc) is 2.64. The Balaban J connectivity index is 2.34. The first-order chi connectivity index (χ1) is 7.63. The molecule has 0 bridgehead atoms. The molecule has 0 aliphatic heterocycles. The van der Waals surface area contributed by atoms with E-state index in [0.717, 1.165) is 5.01 Å². The van der Waals surface area contributed by atoms with E-state index in [1.54, 1.807) is 14.0 Å². The average molecular weight is 244 g/mol. The second kappa shape index (κ2) is 6.39. The normalized spacial score (nSPS) is 12.2. The van der Waals surface area contributed by atoms with Crippen molar-refractivity contribution in [3.8, 4) is 0 Å². The summed E-state index contributed by atoms with van der Waals surface area (Å²) in [6.07, 6.45) is 0. The third kappa shape index (κ3) is 4.11. The molecular formula is C9H16N4O2S. The molecule has 16 heavy (non-hydrogen) atoms. The zero-order chi connectivity index (χ0) is 12.0. The van der Waals surface area contributed by atoms with Gasteiger partial charge in [-0.1, -0.05) is 11.3 Å². The van der Waals surface area contributed by atoms with Crippen molar-refractivity contribution >= 4 is 22.4 Å². The van der Waals surface area contributed by atoms with Gasteiger partial charge in [0.2, 0.25) is 11.0 Å². The standard InChI is InChI=1S/C9H16N4O2S/c1-6(8(14)10-4-5-15-3)11-9-13-12-7(2)16-9/h6H,4-5H2,1-3H3,(H,10,14)(H,11,13). The molecule has 1 aromatic heterocycles. The fraction of sp³-hybridized carbons (Fsp3) is 0.667. The van der Waals surface area contributed by atoms with Crippen LogP contribution < -0.4 is 10.6 Å². The van der Waals surface area contributed by atoms with E-state index in [-0.39, 0.29) is 11.9 Å². The number of hydrogen-bond acceptors (Lipinski definition) is 6. The summed E-state index contributed by atoms with van der Waals surface area (Å²) < 4.78 is 4.84. The molecule has 7 heteroatoms. The van der Waals surface area contributed by atoms with Gasteiger partial charge in [0.1, 0.15) is 11.0 Å². The molecule has 1 unspecified atom stereocenters. The Morgan fingerprint density at radius 1 is 1.56 bits per heavy atom. The summed E-state index contributed by atoms with van der Waals surface area (Å²) in [6.45, 7) is 4.66. The Labute approximate surface area is 98.4 Å². The molecule has 6 nitrogen and oxygen atoms in total. The number of rotatable bonds is 6. The highest BCUT2D eigenvalue weighted by atomic mass is 32.1. The number of ether oxygens (including phenoxy) is 1. The minimum Gasteiger partial charge on any atom is -0.383 e.